The quantitative estimate of drug-likeness (QED) is 0.335. The van der Waals surface area contributed by atoms with Crippen LogP contribution in [0.5, 0.6) is 0 Å². The Morgan fingerprint density at radius 2 is 1.44 bits per heavy atom. The molecule has 0 amide bonds. The van der Waals surface area contributed by atoms with Crippen molar-refractivity contribution in [1.82, 2.24) is 0 Å². The molecule has 0 aromatic carbocycles. The van der Waals surface area contributed by atoms with E-state index in [2.05, 4.69) is 0 Å². The molecule has 0 unspecified atom stereocenters. The first-order valence-electron chi connectivity index (χ1n) is 1.75. The summed E-state index contributed by atoms with van der Waals surface area (Å²) in [6.07, 6.45) is 0. The van der Waals surface area contributed by atoms with Crippen LogP contribution < -0.4 is 14.7 Å². The van der Waals surface area contributed by atoms with Gasteiger partial charge in [-0.05, 0) is 6.92 Å². The van der Waals surface area contributed by atoms with Crippen LogP contribution in [0.25, 0.3) is 0 Å². The van der Waals surface area contributed by atoms with Crippen LogP contribution in [0.3, 0.4) is 0 Å². The van der Waals surface area contributed by atoms with Gasteiger partial charge >= 0.3 is 16.5 Å². The average molecular weight is 200 g/mol. The summed E-state index contributed by atoms with van der Waals surface area (Å²) in [6.45, 7) is 1.93. The predicted molar refractivity (Wildman–Crippen MR) is 20.4 cm³/mol. The summed E-state index contributed by atoms with van der Waals surface area (Å²) in [5.74, 6) is 0. The Hall–Kier alpha value is 0.564. The van der Waals surface area contributed by atoms with Gasteiger partial charge in [0, 0.05) is 6.61 Å². The van der Waals surface area contributed by atoms with E-state index in [9.17, 15) is 0 Å². The molecule has 59 valence electrons. The van der Waals surface area contributed by atoms with Gasteiger partial charge in [-0.25, -0.2) is 0 Å². The Bertz CT molecular complexity index is 70.8. The van der Waals surface area contributed by atoms with Gasteiger partial charge in [0.2, 0.25) is 0 Å². The first-order valence-corrected chi connectivity index (χ1v) is 3.21. The molecule has 0 aliphatic heterocycles. The van der Waals surface area contributed by atoms with Crippen LogP contribution in [-0.2, 0) is 21.1 Å². The van der Waals surface area contributed by atoms with Crippen molar-refractivity contribution in [3.8, 4) is 0 Å². The van der Waals surface area contributed by atoms with Crippen LogP contribution in [0.1, 0.15) is 6.92 Å². The summed E-state index contributed by atoms with van der Waals surface area (Å²) in [5, 5.41) is 7.57. The molecular formula is C2H6NiO5P. The molecule has 1 N–H and O–H groups in total. The van der Waals surface area contributed by atoms with E-state index in [0.29, 0.717) is 0 Å². The number of hydrogen-bond donors (Lipinski definition) is 1. The Morgan fingerprint density at radius 1 is 1.44 bits per heavy atom. The van der Waals surface area contributed by atoms with Gasteiger partial charge in [0.15, 0.2) is 0 Å². The van der Waals surface area contributed by atoms with Crippen molar-refractivity contribution in [3.63, 3.8) is 0 Å². The van der Waals surface area contributed by atoms with Gasteiger partial charge in [0.25, 0.3) is 0 Å². The topological polar surface area (TPSA) is 106 Å². The third kappa shape index (κ3) is 1160. The fourth-order valence-electron chi connectivity index (χ4n) is 0. The van der Waals surface area contributed by atoms with Crippen molar-refractivity contribution in [2.24, 2.45) is 0 Å². The smallest absolute Gasteiger partial charge is 0.822 e. The van der Waals surface area contributed by atoms with E-state index in [0.717, 1.165) is 0 Å². The Balaban J connectivity index is -0.0000000800. The van der Waals surface area contributed by atoms with E-state index < -0.39 is 7.82 Å². The van der Waals surface area contributed by atoms with Crippen LogP contribution >= 0.6 is 7.82 Å². The molecule has 7 heteroatoms. The average Bonchev–Trinajstić information content (AvgIpc) is 1.27. The molecule has 5 nitrogen and oxygen atoms in total. The third-order valence-electron chi connectivity index (χ3n) is 0. The number of phosphoric acid groups is 1. The van der Waals surface area contributed by atoms with Gasteiger partial charge in [-0.2, -0.15) is 7.82 Å². The zero-order valence-electron chi connectivity index (χ0n) is 4.55. The van der Waals surface area contributed by atoms with Gasteiger partial charge in [0.05, 0.1) is 0 Å². The molecule has 0 saturated heterocycles. The van der Waals surface area contributed by atoms with E-state index in [1.165, 1.54) is 0 Å². The Morgan fingerprint density at radius 3 is 1.44 bits per heavy atom. The summed E-state index contributed by atoms with van der Waals surface area (Å²) < 4.78 is 8.55. The number of aliphatic hydroxyl groups excluding tert-OH is 1. The minimum absolute atomic E-state index is 0. The summed E-state index contributed by atoms with van der Waals surface area (Å²) >= 11 is 0. The van der Waals surface area contributed by atoms with Crippen molar-refractivity contribution < 1.29 is 40.8 Å². The van der Waals surface area contributed by atoms with Gasteiger partial charge in [0.1, 0.15) is 0 Å². The van der Waals surface area contributed by atoms with Gasteiger partial charge in [-0.15, -0.1) is 0 Å². The van der Waals surface area contributed by atoms with Crippen molar-refractivity contribution in [2.75, 3.05) is 6.61 Å². The maximum absolute atomic E-state index is 8.55. The second-order valence-corrected chi connectivity index (χ2v) is 1.66. The minimum atomic E-state index is -5.39. The second-order valence-electron chi connectivity index (χ2n) is 0.763. The van der Waals surface area contributed by atoms with Gasteiger partial charge in [-0.3, -0.25) is 0 Å². The van der Waals surface area contributed by atoms with Crippen molar-refractivity contribution in [3.05, 3.63) is 0 Å². The van der Waals surface area contributed by atoms with Gasteiger partial charge in [-0.1, -0.05) is 0 Å². The predicted octanol–water partition coefficient (Wildman–Crippen LogP) is -2.83. The molecule has 1 radical (unpaired) electrons. The summed E-state index contributed by atoms with van der Waals surface area (Å²) in [5.41, 5.74) is 0. The van der Waals surface area contributed by atoms with Crippen molar-refractivity contribution in [1.29, 1.82) is 0 Å². The van der Waals surface area contributed by atoms with E-state index in [1.54, 1.807) is 6.92 Å². The first-order chi connectivity index (χ1) is 3.41. The standard InChI is InChI=1S/C2H6O.Ni.H3O4P/c1-2-3;;1-5(2,3)4/h3H,2H2,1H3;;(H3,1,2,3,4)/q;+3;/p-3. The molecule has 0 atom stereocenters. The largest absolute Gasteiger partial charge is 3.00 e. The van der Waals surface area contributed by atoms with Crippen LogP contribution in [0.4, 0.5) is 0 Å². The molecule has 0 aromatic rings. The molecule has 9 heavy (non-hydrogen) atoms. The third-order valence-corrected chi connectivity index (χ3v) is 0. The number of hydrogen-bond acceptors (Lipinski definition) is 5. The SMILES string of the molecule is CCO.O=P([O-])([O-])[O-].[Ni+3]. The minimum Gasteiger partial charge on any atom is -0.822 e. The summed E-state index contributed by atoms with van der Waals surface area (Å²) in [7, 11) is -5.39. The maximum Gasteiger partial charge on any atom is 3.00 e. The molecule has 0 saturated carbocycles. The van der Waals surface area contributed by atoms with Crippen molar-refractivity contribution >= 4 is 7.82 Å². The van der Waals surface area contributed by atoms with E-state index >= 15 is 0 Å². The maximum atomic E-state index is 8.55. The fraction of sp³-hybridized carbons (Fsp3) is 1.00. The van der Waals surface area contributed by atoms with Crippen molar-refractivity contribution in [2.45, 2.75) is 6.92 Å². The zero-order chi connectivity index (χ0) is 7.21. The van der Waals surface area contributed by atoms with E-state index in [4.69, 9.17) is 24.4 Å². The Labute approximate surface area is 62.9 Å². The van der Waals surface area contributed by atoms with Crippen LogP contribution in [0, 0.1) is 0 Å². The first kappa shape index (κ1) is 16.3. The van der Waals surface area contributed by atoms with Crippen LogP contribution in [0.15, 0.2) is 0 Å². The van der Waals surface area contributed by atoms with Crippen LogP contribution in [0.2, 0.25) is 0 Å². The molecule has 0 fully saturated rings. The van der Waals surface area contributed by atoms with Gasteiger partial charge < -0.3 is 24.4 Å². The molecule has 0 rings (SSSR count). The molecule has 0 aliphatic carbocycles. The molecule has 0 aromatic heterocycles. The number of rotatable bonds is 0. The fourth-order valence-corrected chi connectivity index (χ4v) is 0. The molecule has 0 aliphatic rings. The molecular weight excluding hydrogens is 194 g/mol. The van der Waals surface area contributed by atoms with E-state index in [-0.39, 0.29) is 23.1 Å². The molecule has 0 spiro atoms. The normalized spacial score (nSPS) is 8.56. The monoisotopic (exact) mass is 199 g/mol. The molecule has 0 heterocycles. The summed E-state index contributed by atoms with van der Waals surface area (Å²) in [4.78, 5) is 25.6. The second kappa shape index (κ2) is 8.56. The molecule has 0 bridgehead atoms. The van der Waals surface area contributed by atoms with E-state index in [1.807, 2.05) is 0 Å². The van der Waals surface area contributed by atoms with Crippen LogP contribution in [-0.4, -0.2) is 11.7 Å². The zero-order valence-corrected chi connectivity index (χ0v) is 6.43. The Kier molecular flexibility index (Phi) is 15.5. The number of aliphatic hydroxyl groups is 1. The summed E-state index contributed by atoms with van der Waals surface area (Å²) in [6, 6.07) is 0.